The van der Waals surface area contributed by atoms with Crippen molar-refractivity contribution in [2.75, 3.05) is 0 Å². The maximum absolute atomic E-state index is 12.6. The van der Waals surface area contributed by atoms with Crippen molar-refractivity contribution >= 4 is 33.9 Å². The zero-order valence-corrected chi connectivity index (χ0v) is 15.8. The van der Waals surface area contributed by atoms with Gasteiger partial charge in [-0.2, -0.15) is 0 Å². The number of ether oxygens (including phenoxy) is 1. The molecule has 3 rings (SSSR count). The van der Waals surface area contributed by atoms with Crippen molar-refractivity contribution in [2.24, 2.45) is 0 Å². The van der Waals surface area contributed by atoms with Crippen molar-refractivity contribution in [2.45, 2.75) is 6.61 Å². The van der Waals surface area contributed by atoms with E-state index in [0.717, 1.165) is 15.6 Å². The lowest BCUT2D eigenvalue weighted by molar-refractivity contribution is -0.140. The summed E-state index contributed by atoms with van der Waals surface area (Å²) < 4.78 is 11.3. The molecule has 0 radical (unpaired) electrons. The lowest BCUT2D eigenvalue weighted by atomic mass is 10.2. The topological polar surface area (TPSA) is 68.5 Å². The van der Waals surface area contributed by atoms with Gasteiger partial charge in [-0.15, -0.1) is 0 Å². The highest BCUT2D eigenvalue weighted by molar-refractivity contribution is 9.10. The monoisotopic (exact) mass is 425 g/mol. The molecule has 0 saturated heterocycles. The van der Waals surface area contributed by atoms with E-state index in [0.29, 0.717) is 0 Å². The molecule has 3 aromatic rings. The number of esters is 1. The molecule has 0 aliphatic carbocycles. The Morgan fingerprint density at radius 1 is 1.04 bits per heavy atom. The molecule has 1 amide bonds. The standard InChI is InChI=1S/C21H16BrNO4/c22-17-9-4-8-16(12-17)13-18(23-20(24)19-10-5-11-26-19)21(25)27-14-15-6-2-1-3-7-15/h1-13H,14H2,(H,23,24). The van der Waals surface area contributed by atoms with Gasteiger partial charge in [0.25, 0.3) is 5.91 Å². The molecule has 1 N–H and O–H groups in total. The second-order valence-electron chi connectivity index (χ2n) is 5.61. The molecule has 0 aliphatic heterocycles. The lowest BCUT2D eigenvalue weighted by Crippen LogP contribution is -2.28. The maximum atomic E-state index is 12.6. The van der Waals surface area contributed by atoms with E-state index < -0.39 is 11.9 Å². The van der Waals surface area contributed by atoms with Crippen molar-refractivity contribution < 1.29 is 18.7 Å². The highest BCUT2D eigenvalue weighted by Gasteiger charge is 2.17. The molecular weight excluding hydrogens is 410 g/mol. The van der Waals surface area contributed by atoms with E-state index in [1.54, 1.807) is 12.1 Å². The SMILES string of the molecule is O=C(OCc1ccccc1)C(=Cc1cccc(Br)c1)NC(=O)c1ccco1. The van der Waals surface area contributed by atoms with E-state index in [-0.39, 0.29) is 18.1 Å². The molecule has 0 unspecified atom stereocenters. The largest absolute Gasteiger partial charge is 0.459 e. The van der Waals surface area contributed by atoms with Crippen molar-refractivity contribution in [3.05, 3.63) is 100 Å². The minimum Gasteiger partial charge on any atom is -0.459 e. The van der Waals surface area contributed by atoms with Gasteiger partial charge in [-0.3, -0.25) is 4.79 Å². The van der Waals surface area contributed by atoms with Crippen molar-refractivity contribution in [1.29, 1.82) is 0 Å². The van der Waals surface area contributed by atoms with E-state index in [9.17, 15) is 9.59 Å². The third kappa shape index (κ3) is 5.43. The molecule has 0 atom stereocenters. The zero-order valence-electron chi connectivity index (χ0n) is 14.2. The highest BCUT2D eigenvalue weighted by Crippen LogP contribution is 2.15. The van der Waals surface area contributed by atoms with Crippen LogP contribution in [0.3, 0.4) is 0 Å². The third-order valence-electron chi connectivity index (χ3n) is 3.59. The highest BCUT2D eigenvalue weighted by atomic mass is 79.9. The smallest absolute Gasteiger partial charge is 0.355 e. The van der Waals surface area contributed by atoms with Gasteiger partial charge < -0.3 is 14.5 Å². The second-order valence-corrected chi connectivity index (χ2v) is 6.52. The van der Waals surface area contributed by atoms with Gasteiger partial charge in [0.15, 0.2) is 5.76 Å². The van der Waals surface area contributed by atoms with E-state index in [2.05, 4.69) is 21.2 Å². The van der Waals surface area contributed by atoms with Crippen LogP contribution in [0.15, 0.2) is 87.6 Å². The Kier molecular flexibility index (Phi) is 6.22. The van der Waals surface area contributed by atoms with E-state index >= 15 is 0 Å². The third-order valence-corrected chi connectivity index (χ3v) is 4.08. The fraction of sp³-hybridized carbons (Fsp3) is 0.0476. The molecular formula is C21H16BrNO4. The number of hydrogen-bond donors (Lipinski definition) is 1. The van der Waals surface area contributed by atoms with Crippen molar-refractivity contribution in [3.8, 4) is 0 Å². The van der Waals surface area contributed by atoms with Crippen molar-refractivity contribution in [3.63, 3.8) is 0 Å². The number of halogens is 1. The predicted molar refractivity (Wildman–Crippen MR) is 105 cm³/mol. The number of nitrogens with one attached hydrogen (secondary N) is 1. The van der Waals surface area contributed by atoms with Crippen LogP contribution in [0, 0.1) is 0 Å². The molecule has 27 heavy (non-hydrogen) atoms. The summed E-state index contributed by atoms with van der Waals surface area (Å²) in [6.45, 7) is 0.103. The van der Waals surface area contributed by atoms with Crippen LogP contribution in [-0.4, -0.2) is 11.9 Å². The molecule has 0 saturated carbocycles. The Balaban J connectivity index is 1.80. The summed E-state index contributed by atoms with van der Waals surface area (Å²) in [5, 5.41) is 2.56. The average molecular weight is 426 g/mol. The van der Waals surface area contributed by atoms with Crippen LogP contribution in [0.1, 0.15) is 21.7 Å². The van der Waals surface area contributed by atoms with Crippen molar-refractivity contribution in [1.82, 2.24) is 5.32 Å². The van der Waals surface area contributed by atoms with Crippen LogP contribution in [-0.2, 0) is 16.1 Å². The number of furan rings is 1. The van der Waals surface area contributed by atoms with Gasteiger partial charge in [-0.05, 0) is 41.5 Å². The number of carbonyl (C=O) groups is 2. The summed E-state index contributed by atoms with van der Waals surface area (Å²) in [6.07, 6.45) is 2.94. The zero-order chi connectivity index (χ0) is 19.1. The van der Waals surface area contributed by atoms with Crippen LogP contribution in [0.2, 0.25) is 0 Å². The summed E-state index contributed by atoms with van der Waals surface area (Å²) in [4.78, 5) is 24.9. The minimum absolute atomic E-state index is 0.0189. The van der Waals surface area contributed by atoms with Gasteiger partial charge in [0.1, 0.15) is 12.3 Å². The number of benzene rings is 2. The first-order valence-corrected chi connectivity index (χ1v) is 8.94. The lowest BCUT2D eigenvalue weighted by Gasteiger charge is -2.10. The van der Waals surface area contributed by atoms with Crippen LogP contribution in [0.4, 0.5) is 0 Å². The molecule has 1 aromatic heterocycles. The van der Waals surface area contributed by atoms with Gasteiger partial charge in [0, 0.05) is 4.47 Å². The van der Waals surface area contributed by atoms with Gasteiger partial charge in [0.05, 0.1) is 6.26 Å². The Labute approximate surface area is 164 Å². The quantitative estimate of drug-likeness (QED) is 0.464. The first kappa shape index (κ1) is 18.7. The summed E-state index contributed by atoms with van der Waals surface area (Å²) >= 11 is 3.39. The van der Waals surface area contributed by atoms with Gasteiger partial charge in [-0.1, -0.05) is 58.4 Å². The molecule has 0 fully saturated rings. The van der Waals surface area contributed by atoms with Crippen LogP contribution >= 0.6 is 15.9 Å². The Morgan fingerprint density at radius 3 is 2.56 bits per heavy atom. The predicted octanol–water partition coefficient (Wildman–Crippen LogP) is 4.56. The van der Waals surface area contributed by atoms with Gasteiger partial charge in [0.2, 0.25) is 0 Å². The van der Waals surface area contributed by atoms with Crippen LogP contribution < -0.4 is 5.32 Å². The second kappa shape index (κ2) is 9.00. The number of amides is 1. The summed E-state index contributed by atoms with van der Waals surface area (Å²) in [5.74, 6) is -1.07. The average Bonchev–Trinajstić information content (AvgIpc) is 3.21. The fourth-order valence-corrected chi connectivity index (χ4v) is 2.72. The Hall–Kier alpha value is -3.12. The fourth-order valence-electron chi connectivity index (χ4n) is 2.30. The Morgan fingerprint density at radius 2 is 1.85 bits per heavy atom. The maximum Gasteiger partial charge on any atom is 0.355 e. The van der Waals surface area contributed by atoms with E-state index in [1.807, 2.05) is 54.6 Å². The van der Waals surface area contributed by atoms with E-state index in [4.69, 9.17) is 9.15 Å². The molecule has 136 valence electrons. The Bertz CT molecular complexity index is 949. The van der Waals surface area contributed by atoms with Gasteiger partial charge >= 0.3 is 5.97 Å². The molecule has 2 aromatic carbocycles. The van der Waals surface area contributed by atoms with Gasteiger partial charge in [-0.25, -0.2) is 4.79 Å². The first-order valence-electron chi connectivity index (χ1n) is 8.15. The molecule has 5 nitrogen and oxygen atoms in total. The molecule has 0 spiro atoms. The number of rotatable bonds is 6. The summed E-state index contributed by atoms with van der Waals surface area (Å²) in [7, 11) is 0. The molecule has 0 bridgehead atoms. The summed E-state index contributed by atoms with van der Waals surface area (Å²) in [6, 6.07) is 19.8. The normalized spacial score (nSPS) is 11.1. The minimum atomic E-state index is -0.640. The first-order chi connectivity index (χ1) is 13.1. The number of hydrogen-bond acceptors (Lipinski definition) is 4. The summed E-state index contributed by atoms with van der Waals surface area (Å²) in [5.41, 5.74) is 1.60. The van der Waals surface area contributed by atoms with Crippen LogP contribution in [0.5, 0.6) is 0 Å². The van der Waals surface area contributed by atoms with Crippen LogP contribution in [0.25, 0.3) is 6.08 Å². The molecule has 1 heterocycles. The number of carbonyl (C=O) groups excluding carboxylic acids is 2. The molecule has 6 heteroatoms. The van der Waals surface area contributed by atoms with E-state index in [1.165, 1.54) is 12.3 Å². The molecule has 0 aliphatic rings.